The summed E-state index contributed by atoms with van der Waals surface area (Å²) in [5, 5.41) is 0.946. The van der Waals surface area contributed by atoms with Crippen LogP contribution in [0.25, 0.3) is 10.9 Å². The maximum atomic E-state index is 13.1. The van der Waals surface area contributed by atoms with Gasteiger partial charge in [-0.1, -0.05) is 36.4 Å². The molecule has 1 aromatic heterocycles. The van der Waals surface area contributed by atoms with Gasteiger partial charge in [0.05, 0.1) is 18.2 Å². The monoisotopic (exact) mass is 503 g/mol. The number of likely N-dealkylation sites (N-methyl/N-ethyl adjacent to an activating group) is 1. The second-order valence-electron chi connectivity index (χ2n) is 9.22. The number of esters is 1. The van der Waals surface area contributed by atoms with Crippen LogP contribution in [0, 0.1) is 0 Å². The number of fused-ring (bicyclic) bond motifs is 1. The van der Waals surface area contributed by atoms with E-state index in [4.69, 9.17) is 14.2 Å². The Morgan fingerprint density at radius 1 is 1.08 bits per heavy atom. The molecule has 8 heteroatoms. The Morgan fingerprint density at radius 3 is 2.59 bits per heavy atom. The van der Waals surface area contributed by atoms with Crippen LogP contribution in [-0.2, 0) is 27.2 Å². The standard InChI is InChI=1S/C29H33N3O5/c1-21(36-28(33)24-11-8-15-31(19-24)18-22-9-6-5-7-10-22)37-29(34)32-20-23(14-16-30(2)3)26-13-12-25(35-4)17-27(26)32/h5-10,12-13,15,17,19-21H,11,14,16,18H2,1-4H3. The Bertz CT molecular complexity index is 1310. The van der Waals surface area contributed by atoms with Crippen LogP contribution in [0.5, 0.6) is 5.75 Å². The van der Waals surface area contributed by atoms with E-state index in [1.807, 2.05) is 73.7 Å². The number of allylic oxidation sites excluding steroid dienone is 1. The van der Waals surface area contributed by atoms with Crippen molar-refractivity contribution in [3.05, 3.63) is 89.9 Å². The summed E-state index contributed by atoms with van der Waals surface area (Å²) >= 11 is 0. The van der Waals surface area contributed by atoms with Gasteiger partial charge in [0.1, 0.15) is 5.75 Å². The number of hydrogen-bond acceptors (Lipinski definition) is 7. The van der Waals surface area contributed by atoms with Gasteiger partial charge in [-0.2, -0.15) is 0 Å². The molecule has 37 heavy (non-hydrogen) atoms. The molecule has 0 N–H and O–H groups in total. The van der Waals surface area contributed by atoms with Gasteiger partial charge in [-0.05, 0) is 43.8 Å². The third-order valence-corrected chi connectivity index (χ3v) is 6.09. The molecule has 4 rings (SSSR count). The largest absolute Gasteiger partial charge is 0.497 e. The van der Waals surface area contributed by atoms with Crippen molar-refractivity contribution >= 4 is 23.0 Å². The van der Waals surface area contributed by atoms with Gasteiger partial charge in [-0.25, -0.2) is 9.59 Å². The summed E-state index contributed by atoms with van der Waals surface area (Å²) in [5.41, 5.74) is 3.31. The molecule has 194 valence electrons. The van der Waals surface area contributed by atoms with Crippen molar-refractivity contribution in [1.82, 2.24) is 14.4 Å². The number of rotatable bonds is 9. The van der Waals surface area contributed by atoms with Gasteiger partial charge in [-0.3, -0.25) is 4.57 Å². The number of carbonyl (C=O) groups is 2. The van der Waals surface area contributed by atoms with Crippen molar-refractivity contribution in [3.8, 4) is 5.75 Å². The maximum absolute atomic E-state index is 13.1. The van der Waals surface area contributed by atoms with Crippen molar-refractivity contribution in [1.29, 1.82) is 0 Å². The summed E-state index contributed by atoms with van der Waals surface area (Å²) in [6.45, 7) is 3.01. The third-order valence-electron chi connectivity index (χ3n) is 6.09. The van der Waals surface area contributed by atoms with Gasteiger partial charge < -0.3 is 24.0 Å². The molecule has 1 aliphatic heterocycles. The normalized spacial score (nSPS) is 14.0. The summed E-state index contributed by atoms with van der Waals surface area (Å²) in [6.07, 6.45) is 6.91. The topological polar surface area (TPSA) is 73.2 Å². The maximum Gasteiger partial charge on any atom is 0.421 e. The van der Waals surface area contributed by atoms with Crippen molar-refractivity contribution in [2.24, 2.45) is 0 Å². The SMILES string of the molecule is COc1ccc2c(CCN(C)C)cn(C(=O)OC(C)OC(=O)C3=CN(Cc4ccccc4)C=CC3)c2c1. The van der Waals surface area contributed by atoms with E-state index < -0.39 is 18.4 Å². The van der Waals surface area contributed by atoms with Gasteiger partial charge in [0, 0.05) is 56.5 Å². The first kappa shape index (κ1) is 26.0. The lowest BCUT2D eigenvalue weighted by atomic mass is 10.1. The second kappa shape index (κ2) is 11.8. The van der Waals surface area contributed by atoms with Crippen LogP contribution >= 0.6 is 0 Å². The van der Waals surface area contributed by atoms with Crippen LogP contribution in [-0.4, -0.2) is 60.5 Å². The molecule has 1 unspecified atom stereocenters. The zero-order chi connectivity index (χ0) is 26.4. The van der Waals surface area contributed by atoms with Crippen LogP contribution in [0.4, 0.5) is 4.79 Å². The van der Waals surface area contributed by atoms with Gasteiger partial charge in [0.15, 0.2) is 0 Å². The summed E-state index contributed by atoms with van der Waals surface area (Å²) in [5.74, 6) is 0.115. The molecule has 0 saturated heterocycles. The minimum absolute atomic E-state index is 0.446. The first-order valence-electron chi connectivity index (χ1n) is 12.3. The fraction of sp³-hybridized carbons (Fsp3) is 0.310. The Morgan fingerprint density at radius 2 is 1.86 bits per heavy atom. The lowest BCUT2D eigenvalue weighted by molar-refractivity contribution is -0.160. The second-order valence-corrected chi connectivity index (χ2v) is 9.22. The fourth-order valence-electron chi connectivity index (χ4n) is 4.19. The molecule has 8 nitrogen and oxygen atoms in total. The van der Waals surface area contributed by atoms with Crippen molar-refractivity contribution in [2.45, 2.75) is 32.6 Å². The van der Waals surface area contributed by atoms with E-state index >= 15 is 0 Å². The average Bonchev–Trinajstić information content (AvgIpc) is 3.26. The zero-order valence-electron chi connectivity index (χ0n) is 21.7. The smallest absolute Gasteiger partial charge is 0.421 e. The summed E-state index contributed by atoms with van der Waals surface area (Å²) in [7, 11) is 5.59. The van der Waals surface area contributed by atoms with E-state index in [0.29, 0.717) is 29.8 Å². The Kier molecular flexibility index (Phi) is 8.30. The first-order chi connectivity index (χ1) is 17.8. The predicted molar refractivity (Wildman–Crippen MR) is 142 cm³/mol. The average molecular weight is 504 g/mol. The van der Waals surface area contributed by atoms with E-state index in [1.165, 1.54) is 11.5 Å². The molecule has 1 aliphatic rings. The summed E-state index contributed by atoms with van der Waals surface area (Å²) in [6, 6.07) is 15.6. The van der Waals surface area contributed by atoms with E-state index in [-0.39, 0.29) is 0 Å². The molecule has 0 aliphatic carbocycles. The number of hydrogen-bond donors (Lipinski definition) is 0. The zero-order valence-corrected chi connectivity index (χ0v) is 21.7. The number of nitrogens with zero attached hydrogens (tertiary/aromatic N) is 3. The van der Waals surface area contributed by atoms with Crippen molar-refractivity contribution in [3.63, 3.8) is 0 Å². The molecule has 0 bridgehead atoms. The molecular formula is C29H33N3O5. The van der Waals surface area contributed by atoms with Crippen LogP contribution in [0.1, 0.15) is 24.5 Å². The lowest BCUT2D eigenvalue weighted by Gasteiger charge is -2.22. The molecule has 3 aromatic rings. The molecule has 0 saturated carbocycles. The third kappa shape index (κ3) is 6.59. The van der Waals surface area contributed by atoms with Crippen molar-refractivity contribution < 1.29 is 23.8 Å². The number of ether oxygens (including phenoxy) is 3. The highest BCUT2D eigenvalue weighted by molar-refractivity contribution is 5.93. The van der Waals surface area contributed by atoms with Crippen LogP contribution in [0.3, 0.4) is 0 Å². The molecular weight excluding hydrogens is 470 g/mol. The molecule has 1 atom stereocenters. The van der Waals surface area contributed by atoms with Crippen molar-refractivity contribution in [2.75, 3.05) is 27.7 Å². The molecule has 2 heterocycles. The Hall–Kier alpha value is -4.04. The quantitative estimate of drug-likeness (QED) is 0.303. The first-order valence-corrected chi connectivity index (χ1v) is 12.3. The fourth-order valence-corrected chi connectivity index (χ4v) is 4.19. The Labute approximate surface area is 217 Å². The number of benzene rings is 2. The highest BCUT2D eigenvalue weighted by Crippen LogP contribution is 2.27. The van der Waals surface area contributed by atoms with Gasteiger partial charge in [0.25, 0.3) is 0 Å². The number of methoxy groups -OCH3 is 1. The van der Waals surface area contributed by atoms with Crippen LogP contribution in [0.15, 0.2) is 78.8 Å². The molecule has 0 fully saturated rings. The highest BCUT2D eigenvalue weighted by Gasteiger charge is 2.22. The highest BCUT2D eigenvalue weighted by atomic mass is 16.7. The van der Waals surface area contributed by atoms with Crippen LogP contribution < -0.4 is 4.74 Å². The number of aromatic nitrogens is 1. The van der Waals surface area contributed by atoms with E-state index in [0.717, 1.165) is 29.5 Å². The molecule has 0 spiro atoms. The summed E-state index contributed by atoms with van der Waals surface area (Å²) in [4.78, 5) is 29.9. The number of carbonyl (C=O) groups excluding carboxylic acids is 2. The van der Waals surface area contributed by atoms with E-state index in [9.17, 15) is 9.59 Å². The van der Waals surface area contributed by atoms with Gasteiger partial charge in [0.2, 0.25) is 6.29 Å². The minimum atomic E-state index is -1.07. The van der Waals surface area contributed by atoms with E-state index in [1.54, 1.807) is 25.6 Å². The van der Waals surface area contributed by atoms with Gasteiger partial charge >= 0.3 is 12.1 Å². The Balaban J connectivity index is 1.43. The minimum Gasteiger partial charge on any atom is -0.497 e. The molecule has 2 aromatic carbocycles. The molecule has 0 amide bonds. The lowest BCUT2D eigenvalue weighted by Crippen LogP contribution is -2.26. The summed E-state index contributed by atoms with van der Waals surface area (Å²) < 4.78 is 17.8. The van der Waals surface area contributed by atoms with Gasteiger partial charge in [-0.15, -0.1) is 0 Å². The predicted octanol–water partition coefficient (Wildman–Crippen LogP) is 4.93. The van der Waals surface area contributed by atoms with Crippen LogP contribution in [0.2, 0.25) is 0 Å². The molecule has 0 radical (unpaired) electrons. The van der Waals surface area contributed by atoms with E-state index in [2.05, 4.69) is 4.90 Å².